The van der Waals surface area contributed by atoms with Gasteiger partial charge >= 0.3 is 0 Å². The summed E-state index contributed by atoms with van der Waals surface area (Å²) in [5, 5.41) is 2.96. The summed E-state index contributed by atoms with van der Waals surface area (Å²) in [7, 11) is 1.63. The summed E-state index contributed by atoms with van der Waals surface area (Å²) in [6.45, 7) is 4.31. The Morgan fingerprint density at radius 3 is 2.76 bits per heavy atom. The smallest absolute Gasteiger partial charge is 0.244 e. The van der Waals surface area contributed by atoms with Gasteiger partial charge in [-0.3, -0.25) is 4.79 Å². The molecule has 1 saturated heterocycles. The van der Waals surface area contributed by atoms with Crippen LogP contribution >= 0.6 is 0 Å². The highest BCUT2D eigenvalue weighted by Gasteiger charge is 2.17. The second kappa shape index (κ2) is 7.11. The predicted octanol–water partition coefficient (Wildman–Crippen LogP) is -0.452. The SMILES string of the molecule is COCC(C)NC(N)=NCC(=O)N1CCCC1. The first-order valence-electron chi connectivity index (χ1n) is 5.96. The number of nitrogens with zero attached hydrogens (tertiary/aromatic N) is 2. The summed E-state index contributed by atoms with van der Waals surface area (Å²) < 4.78 is 4.96. The van der Waals surface area contributed by atoms with Crippen LogP contribution in [-0.2, 0) is 9.53 Å². The van der Waals surface area contributed by atoms with Crippen LogP contribution < -0.4 is 11.1 Å². The minimum Gasteiger partial charge on any atom is -0.383 e. The van der Waals surface area contributed by atoms with Crippen LogP contribution in [0.3, 0.4) is 0 Å². The lowest BCUT2D eigenvalue weighted by Crippen LogP contribution is -2.41. The monoisotopic (exact) mass is 242 g/mol. The number of likely N-dealkylation sites (tertiary alicyclic amines) is 1. The third-order valence-corrected chi connectivity index (χ3v) is 2.65. The third kappa shape index (κ3) is 5.04. The Kier molecular flexibility index (Phi) is 5.76. The van der Waals surface area contributed by atoms with E-state index < -0.39 is 0 Å². The molecule has 0 aromatic heterocycles. The number of carbonyl (C=O) groups is 1. The fourth-order valence-corrected chi connectivity index (χ4v) is 1.81. The Balaban J connectivity index is 2.28. The molecule has 0 radical (unpaired) electrons. The largest absolute Gasteiger partial charge is 0.383 e. The van der Waals surface area contributed by atoms with Crippen LogP contribution in [0.2, 0.25) is 0 Å². The molecule has 1 aliphatic heterocycles. The van der Waals surface area contributed by atoms with Crippen molar-refractivity contribution in [3.05, 3.63) is 0 Å². The summed E-state index contributed by atoms with van der Waals surface area (Å²) in [6.07, 6.45) is 2.18. The van der Waals surface area contributed by atoms with Crippen molar-refractivity contribution in [3.8, 4) is 0 Å². The molecule has 1 fully saturated rings. The number of methoxy groups -OCH3 is 1. The minimum atomic E-state index is 0.0478. The molecule has 0 saturated carbocycles. The van der Waals surface area contributed by atoms with E-state index in [4.69, 9.17) is 10.5 Å². The molecule has 1 atom stereocenters. The zero-order chi connectivity index (χ0) is 12.7. The number of amides is 1. The van der Waals surface area contributed by atoms with Crippen LogP contribution in [0.5, 0.6) is 0 Å². The van der Waals surface area contributed by atoms with Crippen molar-refractivity contribution in [1.29, 1.82) is 0 Å². The van der Waals surface area contributed by atoms with Crippen LogP contribution in [0.25, 0.3) is 0 Å². The fraction of sp³-hybridized carbons (Fsp3) is 0.818. The number of nitrogens with two attached hydrogens (primary N) is 1. The fourth-order valence-electron chi connectivity index (χ4n) is 1.81. The van der Waals surface area contributed by atoms with Crippen LogP contribution in [0.15, 0.2) is 4.99 Å². The van der Waals surface area contributed by atoms with Gasteiger partial charge in [-0.05, 0) is 19.8 Å². The first kappa shape index (κ1) is 13.8. The number of hydrogen-bond donors (Lipinski definition) is 2. The lowest BCUT2D eigenvalue weighted by molar-refractivity contribution is -0.128. The van der Waals surface area contributed by atoms with Crippen molar-refractivity contribution in [2.24, 2.45) is 10.7 Å². The number of ether oxygens (including phenoxy) is 1. The maximum Gasteiger partial charge on any atom is 0.244 e. The van der Waals surface area contributed by atoms with Crippen molar-refractivity contribution < 1.29 is 9.53 Å². The van der Waals surface area contributed by atoms with E-state index in [9.17, 15) is 4.79 Å². The maximum atomic E-state index is 11.7. The first-order valence-corrected chi connectivity index (χ1v) is 5.96. The molecule has 6 nitrogen and oxygen atoms in total. The van der Waals surface area contributed by atoms with Gasteiger partial charge in [0.15, 0.2) is 5.96 Å². The average molecular weight is 242 g/mol. The van der Waals surface area contributed by atoms with Gasteiger partial charge in [0, 0.05) is 26.2 Å². The molecule has 0 aromatic carbocycles. The van der Waals surface area contributed by atoms with E-state index in [1.54, 1.807) is 7.11 Å². The zero-order valence-electron chi connectivity index (χ0n) is 10.6. The second-order valence-corrected chi connectivity index (χ2v) is 4.29. The molecule has 1 rings (SSSR count). The molecule has 6 heteroatoms. The van der Waals surface area contributed by atoms with Gasteiger partial charge in [-0.25, -0.2) is 4.99 Å². The number of carbonyl (C=O) groups excluding carboxylic acids is 1. The average Bonchev–Trinajstić information content (AvgIpc) is 2.79. The number of rotatable bonds is 5. The highest BCUT2D eigenvalue weighted by Crippen LogP contribution is 2.07. The van der Waals surface area contributed by atoms with Gasteiger partial charge in [0.1, 0.15) is 6.54 Å². The van der Waals surface area contributed by atoms with E-state index in [1.165, 1.54) is 0 Å². The van der Waals surface area contributed by atoms with Crippen LogP contribution in [-0.4, -0.2) is 56.2 Å². The molecular weight excluding hydrogens is 220 g/mol. The van der Waals surface area contributed by atoms with Crippen molar-refractivity contribution >= 4 is 11.9 Å². The van der Waals surface area contributed by atoms with Crippen LogP contribution in [0, 0.1) is 0 Å². The van der Waals surface area contributed by atoms with Crippen LogP contribution in [0.1, 0.15) is 19.8 Å². The van der Waals surface area contributed by atoms with Crippen molar-refractivity contribution in [2.75, 3.05) is 33.4 Å². The lowest BCUT2D eigenvalue weighted by atomic mass is 10.4. The van der Waals surface area contributed by atoms with Gasteiger partial charge in [0.05, 0.1) is 6.61 Å². The van der Waals surface area contributed by atoms with Crippen molar-refractivity contribution in [2.45, 2.75) is 25.8 Å². The summed E-state index contributed by atoms with van der Waals surface area (Å²) in [5.41, 5.74) is 5.66. The van der Waals surface area contributed by atoms with Gasteiger partial charge in [0.25, 0.3) is 0 Å². The third-order valence-electron chi connectivity index (χ3n) is 2.65. The molecule has 1 unspecified atom stereocenters. The molecule has 17 heavy (non-hydrogen) atoms. The van der Waals surface area contributed by atoms with Crippen molar-refractivity contribution in [3.63, 3.8) is 0 Å². The van der Waals surface area contributed by atoms with E-state index >= 15 is 0 Å². The van der Waals surface area contributed by atoms with Gasteiger partial charge in [0.2, 0.25) is 5.91 Å². The Bertz CT molecular complexity index is 275. The van der Waals surface area contributed by atoms with Crippen LogP contribution in [0.4, 0.5) is 0 Å². The zero-order valence-corrected chi connectivity index (χ0v) is 10.6. The highest BCUT2D eigenvalue weighted by molar-refractivity contribution is 5.84. The quantitative estimate of drug-likeness (QED) is 0.505. The molecule has 1 heterocycles. The van der Waals surface area contributed by atoms with Crippen molar-refractivity contribution in [1.82, 2.24) is 10.2 Å². The van der Waals surface area contributed by atoms with E-state index in [2.05, 4.69) is 10.3 Å². The molecular formula is C11H22N4O2. The predicted molar refractivity (Wildman–Crippen MR) is 66.8 cm³/mol. The molecule has 0 spiro atoms. The molecule has 1 aliphatic rings. The molecule has 0 aromatic rings. The topological polar surface area (TPSA) is 80.0 Å². The van der Waals surface area contributed by atoms with Gasteiger partial charge in [-0.1, -0.05) is 0 Å². The summed E-state index contributed by atoms with van der Waals surface area (Å²) >= 11 is 0. The number of guanidine groups is 1. The van der Waals surface area contributed by atoms with E-state index in [0.717, 1.165) is 25.9 Å². The van der Waals surface area contributed by atoms with E-state index in [-0.39, 0.29) is 18.5 Å². The Morgan fingerprint density at radius 2 is 2.18 bits per heavy atom. The molecule has 0 aliphatic carbocycles. The van der Waals surface area contributed by atoms with Gasteiger partial charge < -0.3 is 20.7 Å². The normalized spacial score (nSPS) is 18.2. The Labute approximate surface area is 102 Å². The first-order chi connectivity index (χ1) is 8.13. The summed E-state index contributed by atoms with van der Waals surface area (Å²) in [5.74, 6) is 0.341. The van der Waals surface area contributed by atoms with Gasteiger partial charge in [-0.15, -0.1) is 0 Å². The summed E-state index contributed by atoms with van der Waals surface area (Å²) in [4.78, 5) is 17.5. The molecule has 3 N–H and O–H groups in total. The maximum absolute atomic E-state index is 11.7. The van der Waals surface area contributed by atoms with Gasteiger partial charge in [-0.2, -0.15) is 0 Å². The minimum absolute atomic E-state index is 0.0478. The Hall–Kier alpha value is -1.30. The van der Waals surface area contributed by atoms with E-state index in [0.29, 0.717) is 12.6 Å². The second-order valence-electron chi connectivity index (χ2n) is 4.29. The number of hydrogen-bond acceptors (Lipinski definition) is 3. The summed E-state index contributed by atoms with van der Waals surface area (Å²) in [6, 6.07) is 0.0886. The number of nitrogens with one attached hydrogen (secondary N) is 1. The molecule has 1 amide bonds. The standard InChI is InChI=1S/C11H22N4O2/c1-9(8-17-2)14-11(12)13-7-10(16)15-5-3-4-6-15/h9H,3-8H2,1-2H3,(H3,12,13,14). The Morgan fingerprint density at radius 1 is 1.53 bits per heavy atom. The molecule has 98 valence electrons. The molecule has 0 bridgehead atoms. The number of aliphatic imine (C=N–C) groups is 1. The highest BCUT2D eigenvalue weighted by atomic mass is 16.5. The van der Waals surface area contributed by atoms with E-state index in [1.807, 2.05) is 11.8 Å². The lowest BCUT2D eigenvalue weighted by Gasteiger charge is -2.15.